The Morgan fingerprint density at radius 1 is 1.17 bits per heavy atom. The molecule has 1 aliphatic heterocycles. The molecule has 120 valence electrons. The van der Waals surface area contributed by atoms with Gasteiger partial charge in [-0.25, -0.2) is 9.78 Å². The smallest absolute Gasteiger partial charge is 0.321 e. The number of aromatic nitrogens is 1. The first-order valence-corrected chi connectivity index (χ1v) is 7.80. The van der Waals surface area contributed by atoms with E-state index < -0.39 is 0 Å². The minimum absolute atomic E-state index is 0.0811. The molecule has 23 heavy (non-hydrogen) atoms. The molecule has 2 amide bonds. The lowest BCUT2D eigenvalue weighted by Gasteiger charge is -2.42. The first-order valence-electron chi connectivity index (χ1n) is 7.80. The van der Waals surface area contributed by atoms with E-state index in [1.54, 1.807) is 4.90 Å². The van der Waals surface area contributed by atoms with Crippen LogP contribution in [-0.2, 0) is 0 Å². The molecule has 0 unspecified atom stereocenters. The summed E-state index contributed by atoms with van der Waals surface area (Å²) in [4.78, 5) is 20.6. The molecule has 1 fully saturated rings. The summed E-state index contributed by atoms with van der Waals surface area (Å²) in [6.45, 7) is 3.49. The number of nitrogens with zero attached hydrogens (tertiary/aromatic N) is 3. The van der Waals surface area contributed by atoms with E-state index in [2.05, 4.69) is 27.3 Å². The molecule has 1 saturated heterocycles. The number of rotatable bonds is 3. The number of hydrogen-bond donors (Lipinski definition) is 1. The van der Waals surface area contributed by atoms with Crippen molar-refractivity contribution in [3.63, 3.8) is 0 Å². The van der Waals surface area contributed by atoms with E-state index in [-0.39, 0.29) is 6.03 Å². The monoisotopic (exact) mass is 310 g/mol. The highest BCUT2D eigenvalue weighted by atomic mass is 16.2. The van der Waals surface area contributed by atoms with E-state index in [4.69, 9.17) is 0 Å². The quantitative estimate of drug-likeness (QED) is 0.948. The van der Waals surface area contributed by atoms with Gasteiger partial charge < -0.3 is 9.80 Å². The Morgan fingerprint density at radius 2 is 1.87 bits per heavy atom. The molecule has 2 aromatic rings. The Balaban J connectivity index is 1.66. The summed E-state index contributed by atoms with van der Waals surface area (Å²) in [5.41, 5.74) is 3.12. The van der Waals surface area contributed by atoms with Gasteiger partial charge in [0.15, 0.2) is 0 Å². The number of carbonyl (C=O) groups is 1. The number of likely N-dealkylation sites (tertiary alicyclic amines) is 1. The zero-order valence-electron chi connectivity index (χ0n) is 13.8. The predicted molar refractivity (Wildman–Crippen MR) is 92.5 cm³/mol. The van der Waals surface area contributed by atoms with Gasteiger partial charge in [0, 0.05) is 30.4 Å². The van der Waals surface area contributed by atoms with E-state index in [9.17, 15) is 4.79 Å². The Kier molecular flexibility index (Phi) is 4.30. The highest BCUT2D eigenvalue weighted by Gasteiger charge is 2.31. The fourth-order valence-corrected chi connectivity index (χ4v) is 2.69. The summed E-state index contributed by atoms with van der Waals surface area (Å²) in [6.07, 6.45) is 0. The number of pyridine rings is 1. The van der Waals surface area contributed by atoms with Crippen molar-refractivity contribution in [3.8, 4) is 11.1 Å². The lowest BCUT2D eigenvalue weighted by atomic mass is 10.0. The number of benzene rings is 1. The number of amides is 2. The maximum atomic E-state index is 12.2. The molecule has 0 aliphatic carbocycles. The van der Waals surface area contributed by atoms with Crippen LogP contribution in [0.25, 0.3) is 11.1 Å². The molecule has 3 rings (SSSR count). The summed E-state index contributed by atoms with van der Waals surface area (Å²) >= 11 is 0. The minimum Gasteiger partial charge on any atom is -0.321 e. The molecule has 0 atom stereocenters. The topological polar surface area (TPSA) is 48.5 Å². The van der Waals surface area contributed by atoms with Gasteiger partial charge in [-0.1, -0.05) is 30.3 Å². The van der Waals surface area contributed by atoms with Gasteiger partial charge in [-0.2, -0.15) is 0 Å². The second kappa shape index (κ2) is 6.38. The lowest BCUT2D eigenvalue weighted by molar-refractivity contribution is 0.0942. The van der Waals surface area contributed by atoms with Gasteiger partial charge in [-0.15, -0.1) is 0 Å². The third kappa shape index (κ3) is 3.35. The zero-order valence-corrected chi connectivity index (χ0v) is 13.8. The molecular weight excluding hydrogens is 288 g/mol. The van der Waals surface area contributed by atoms with Gasteiger partial charge in [0.2, 0.25) is 0 Å². The molecule has 5 heteroatoms. The minimum atomic E-state index is -0.0811. The van der Waals surface area contributed by atoms with Crippen molar-refractivity contribution in [2.75, 3.05) is 32.5 Å². The van der Waals surface area contributed by atoms with Crippen LogP contribution in [0.4, 0.5) is 10.6 Å². The van der Waals surface area contributed by atoms with Crippen molar-refractivity contribution >= 4 is 11.8 Å². The van der Waals surface area contributed by atoms with Crippen LogP contribution in [0.15, 0.2) is 42.5 Å². The summed E-state index contributed by atoms with van der Waals surface area (Å²) < 4.78 is 0. The fourth-order valence-electron chi connectivity index (χ4n) is 2.69. The first kappa shape index (κ1) is 15.5. The molecule has 1 aromatic carbocycles. The van der Waals surface area contributed by atoms with Crippen LogP contribution in [0.2, 0.25) is 0 Å². The number of carbonyl (C=O) groups excluding carboxylic acids is 1. The summed E-state index contributed by atoms with van der Waals surface area (Å²) in [7, 11) is 4.07. The Morgan fingerprint density at radius 3 is 2.48 bits per heavy atom. The molecule has 0 saturated carbocycles. The lowest BCUT2D eigenvalue weighted by Crippen LogP contribution is -2.60. The van der Waals surface area contributed by atoms with Gasteiger partial charge in [0.05, 0.1) is 0 Å². The molecular formula is C18H22N4O. The summed E-state index contributed by atoms with van der Waals surface area (Å²) in [5.74, 6) is 0.598. The second-order valence-corrected chi connectivity index (χ2v) is 6.15. The normalized spacial score (nSPS) is 14.7. The summed E-state index contributed by atoms with van der Waals surface area (Å²) in [5, 5.41) is 2.88. The number of aryl methyl sites for hydroxylation is 1. The van der Waals surface area contributed by atoms with E-state index in [1.807, 2.05) is 51.4 Å². The standard InChI is InChI=1S/C18H22N4O/c1-13-16(14-7-5-4-6-8-14)9-10-17(19-13)20-18(23)22-11-15(12-22)21(2)3/h4-10,15H,11-12H2,1-3H3,(H,19,20,23). The van der Waals surface area contributed by atoms with Crippen molar-refractivity contribution < 1.29 is 4.79 Å². The average molecular weight is 310 g/mol. The molecule has 1 aliphatic rings. The maximum absolute atomic E-state index is 12.2. The zero-order chi connectivity index (χ0) is 16.4. The third-order valence-corrected chi connectivity index (χ3v) is 4.29. The number of hydrogen-bond acceptors (Lipinski definition) is 3. The SMILES string of the molecule is Cc1nc(NC(=O)N2CC(N(C)C)C2)ccc1-c1ccccc1. The first-order chi connectivity index (χ1) is 11.0. The predicted octanol–water partition coefficient (Wildman–Crippen LogP) is 2.83. The average Bonchev–Trinajstić information content (AvgIpc) is 2.46. The van der Waals surface area contributed by atoms with Gasteiger partial charge in [-0.3, -0.25) is 5.32 Å². The van der Waals surface area contributed by atoms with Crippen LogP contribution in [0.3, 0.4) is 0 Å². The van der Waals surface area contributed by atoms with Crippen molar-refractivity contribution in [3.05, 3.63) is 48.2 Å². The van der Waals surface area contributed by atoms with Crippen LogP contribution in [-0.4, -0.2) is 54.0 Å². The second-order valence-electron chi connectivity index (χ2n) is 6.15. The molecule has 1 aromatic heterocycles. The number of likely N-dealkylation sites (N-methyl/N-ethyl adjacent to an activating group) is 1. The van der Waals surface area contributed by atoms with Crippen molar-refractivity contribution in [1.29, 1.82) is 0 Å². The molecule has 2 heterocycles. The number of urea groups is 1. The highest BCUT2D eigenvalue weighted by molar-refractivity contribution is 5.89. The number of anilines is 1. The fraction of sp³-hybridized carbons (Fsp3) is 0.333. The molecule has 0 radical (unpaired) electrons. The van der Waals surface area contributed by atoms with Crippen LogP contribution in [0, 0.1) is 6.92 Å². The molecule has 1 N–H and O–H groups in total. The van der Waals surface area contributed by atoms with Crippen LogP contribution in [0.5, 0.6) is 0 Å². The van der Waals surface area contributed by atoms with E-state index in [1.165, 1.54) is 0 Å². The van der Waals surface area contributed by atoms with Crippen LogP contribution < -0.4 is 5.32 Å². The number of nitrogens with one attached hydrogen (secondary N) is 1. The van der Waals surface area contributed by atoms with E-state index in [0.29, 0.717) is 11.9 Å². The Bertz CT molecular complexity index is 693. The van der Waals surface area contributed by atoms with Crippen LogP contribution >= 0.6 is 0 Å². The highest BCUT2D eigenvalue weighted by Crippen LogP contribution is 2.23. The summed E-state index contributed by atoms with van der Waals surface area (Å²) in [6, 6.07) is 14.4. The molecule has 5 nitrogen and oxygen atoms in total. The van der Waals surface area contributed by atoms with E-state index in [0.717, 1.165) is 29.9 Å². The molecule has 0 bridgehead atoms. The molecule has 0 spiro atoms. The maximum Gasteiger partial charge on any atom is 0.323 e. The van der Waals surface area contributed by atoms with Gasteiger partial charge >= 0.3 is 6.03 Å². The van der Waals surface area contributed by atoms with Crippen molar-refractivity contribution in [1.82, 2.24) is 14.8 Å². The van der Waals surface area contributed by atoms with Gasteiger partial charge in [0.25, 0.3) is 0 Å². The third-order valence-electron chi connectivity index (χ3n) is 4.29. The van der Waals surface area contributed by atoms with Gasteiger partial charge in [0.1, 0.15) is 5.82 Å². The van der Waals surface area contributed by atoms with Crippen molar-refractivity contribution in [2.45, 2.75) is 13.0 Å². The van der Waals surface area contributed by atoms with Crippen LogP contribution in [0.1, 0.15) is 5.69 Å². The largest absolute Gasteiger partial charge is 0.323 e. The Labute approximate surface area is 136 Å². The van der Waals surface area contributed by atoms with Gasteiger partial charge in [-0.05, 0) is 38.7 Å². The Hall–Kier alpha value is -2.40. The van der Waals surface area contributed by atoms with Crippen molar-refractivity contribution in [2.24, 2.45) is 0 Å². The van der Waals surface area contributed by atoms with E-state index >= 15 is 0 Å².